The Labute approximate surface area is 146 Å². The highest BCUT2D eigenvalue weighted by Gasteiger charge is 2.20. The summed E-state index contributed by atoms with van der Waals surface area (Å²) in [4.78, 5) is 0. The van der Waals surface area contributed by atoms with E-state index in [9.17, 15) is 5.11 Å². The Bertz CT molecular complexity index is 1040. The number of rotatable bonds is 3. The van der Waals surface area contributed by atoms with E-state index < -0.39 is 0 Å². The fourth-order valence-electron chi connectivity index (χ4n) is 3.43. The summed E-state index contributed by atoms with van der Waals surface area (Å²) in [6.07, 6.45) is 0. The number of fused-ring (bicyclic) bond motifs is 1. The van der Waals surface area contributed by atoms with Gasteiger partial charge < -0.3 is 9.63 Å². The van der Waals surface area contributed by atoms with Gasteiger partial charge in [0.05, 0.1) is 12.2 Å². The van der Waals surface area contributed by atoms with Gasteiger partial charge in [-0.05, 0) is 36.8 Å². The van der Waals surface area contributed by atoms with E-state index in [-0.39, 0.29) is 6.61 Å². The summed E-state index contributed by atoms with van der Waals surface area (Å²) < 4.78 is 5.68. The lowest BCUT2D eigenvalue weighted by molar-refractivity contribution is 0.281. The van der Waals surface area contributed by atoms with Crippen LogP contribution in [0, 0.1) is 13.8 Å². The normalized spacial score (nSPS) is 11.2. The van der Waals surface area contributed by atoms with Crippen LogP contribution in [0.5, 0.6) is 0 Å². The van der Waals surface area contributed by atoms with Gasteiger partial charge in [0.15, 0.2) is 5.76 Å². The highest BCUT2D eigenvalue weighted by Crippen LogP contribution is 2.36. The van der Waals surface area contributed by atoms with Gasteiger partial charge in [-0.1, -0.05) is 64.8 Å². The number of aliphatic hydroxyl groups excluding tert-OH is 1. The summed E-state index contributed by atoms with van der Waals surface area (Å²) in [6.45, 7) is 3.98. The Kier molecular flexibility index (Phi) is 3.86. The average molecular weight is 329 g/mol. The standard InChI is InChI=1S/C22H19NO2/c1-14-10-15(2)12-17(11-14)22-20(13-24)21(23-25-22)19-9-5-7-16-6-3-4-8-18(16)19/h3-12,24H,13H2,1-2H3. The zero-order valence-corrected chi connectivity index (χ0v) is 14.3. The second kappa shape index (κ2) is 6.19. The first-order valence-corrected chi connectivity index (χ1v) is 8.33. The van der Waals surface area contributed by atoms with Crippen molar-refractivity contribution in [3.05, 3.63) is 77.4 Å². The molecule has 25 heavy (non-hydrogen) atoms. The first kappa shape index (κ1) is 15.6. The molecule has 0 aliphatic rings. The highest BCUT2D eigenvalue weighted by atomic mass is 16.5. The Morgan fingerprint density at radius 2 is 1.64 bits per heavy atom. The minimum Gasteiger partial charge on any atom is -0.391 e. The fraction of sp³-hybridized carbons (Fsp3) is 0.136. The molecule has 0 saturated heterocycles. The van der Waals surface area contributed by atoms with E-state index in [4.69, 9.17) is 4.52 Å². The van der Waals surface area contributed by atoms with Gasteiger partial charge in [0.25, 0.3) is 0 Å². The van der Waals surface area contributed by atoms with Gasteiger partial charge in [-0.3, -0.25) is 0 Å². The molecule has 0 aliphatic heterocycles. The molecule has 0 atom stereocenters. The summed E-state index contributed by atoms with van der Waals surface area (Å²) in [6, 6.07) is 20.5. The third kappa shape index (κ3) is 2.73. The topological polar surface area (TPSA) is 46.3 Å². The predicted octanol–water partition coefficient (Wildman–Crippen LogP) is 5.27. The number of nitrogens with zero attached hydrogens (tertiary/aromatic N) is 1. The molecule has 4 aromatic rings. The molecule has 3 heteroatoms. The summed E-state index contributed by atoms with van der Waals surface area (Å²) in [7, 11) is 0. The number of hydrogen-bond acceptors (Lipinski definition) is 3. The molecule has 1 aromatic heterocycles. The molecule has 1 N–H and O–H groups in total. The molecule has 0 radical (unpaired) electrons. The molecular formula is C22H19NO2. The van der Waals surface area contributed by atoms with Gasteiger partial charge in [-0.25, -0.2) is 0 Å². The van der Waals surface area contributed by atoms with Gasteiger partial charge in [0.1, 0.15) is 5.69 Å². The molecule has 0 amide bonds. The van der Waals surface area contributed by atoms with Crippen LogP contribution in [0.1, 0.15) is 16.7 Å². The van der Waals surface area contributed by atoms with E-state index in [1.807, 2.05) is 24.3 Å². The van der Waals surface area contributed by atoms with Gasteiger partial charge >= 0.3 is 0 Å². The number of aryl methyl sites for hydroxylation is 2. The zero-order valence-electron chi connectivity index (χ0n) is 14.3. The number of benzene rings is 3. The van der Waals surface area contributed by atoms with Crippen molar-refractivity contribution >= 4 is 10.8 Å². The first-order chi connectivity index (χ1) is 12.2. The molecule has 0 fully saturated rings. The molecule has 0 bridgehead atoms. The van der Waals surface area contributed by atoms with Crippen molar-refractivity contribution in [3.63, 3.8) is 0 Å². The summed E-state index contributed by atoms with van der Waals surface area (Å²) in [5.41, 5.74) is 5.65. The van der Waals surface area contributed by atoms with Crippen molar-refractivity contribution in [1.29, 1.82) is 0 Å². The summed E-state index contributed by atoms with van der Waals surface area (Å²) in [5, 5.41) is 16.6. The summed E-state index contributed by atoms with van der Waals surface area (Å²) >= 11 is 0. The van der Waals surface area contributed by atoms with Crippen LogP contribution in [-0.4, -0.2) is 10.3 Å². The van der Waals surface area contributed by atoms with Crippen molar-refractivity contribution < 1.29 is 9.63 Å². The largest absolute Gasteiger partial charge is 0.391 e. The molecule has 3 nitrogen and oxygen atoms in total. The number of hydrogen-bond donors (Lipinski definition) is 1. The second-order valence-electron chi connectivity index (χ2n) is 6.40. The summed E-state index contributed by atoms with van der Waals surface area (Å²) in [5.74, 6) is 0.636. The van der Waals surface area contributed by atoms with Crippen molar-refractivity contribution in [1.82, 2.24) is 5.16 Å². The Balaban J connectivity index is 1.94. The average Bonchev–Trinajstić information content (AvgIpc) is 3.04. The van der Waals surface area contributed by atoms with E-state index in [1.165, 1.54) is 0 Å². The third-order valence-electron chi connectivity index (χ3n) is 4.47. The predicted molar refractivity (Wildman–Crippen MR) is 100 cm³/mol. The van der Waals surface area contributed by atoms with Gasteiger partial charge in [-0.15, -0.1) is 0 Å². The SMILES string of the molecule is Cc1cc(C)cc(-c2onc(-c3cccc4ccccc34)c2CO)c1. The van der Waals surface area contributed by atoms with Gasteiger partial charge in [0.2, 0.25) is 0 Å². The van der Waals surface area contributed by atoms with Crippen molar-refractivity contribution in [2.45, 2.75) is 20.5 Å². The monoisotopic (exact) mass is 329 g/mol. The Morgan fingerprint density at radius 1 is 0.920 bits per heavy atom. The number of aromatic nitrogens is 1. The second-order valence-corrected chi connectivity index (χ2v) is 6.40. The molecule has 0 unspecified atom stereocenters. The number of aliphatic hydroxyl groups is 1. The lowest BCUT2D eigenvalue weighted by Crippen LogP contribution is -1.91. The fourth-order valence-corrected chi connectivity index (χ4v) is 3.43. The highest BCUT2D eigenvalue weighted by molar-refractivity contribution is 5.97. The van der Waals surface area contributed by atoms with Crippen LogP contribution in [0.4, 0.5) is 0 Å². The lowest BCUT2D eigenvalue weighted by Gasteiger charge is -2.06. The van der Waals surface area contributed by atoms with Crippen molar-refractivity contribution in [2.75, 3.05) is 0 Å². The molecule has 1 heterocycles. The minimum absolute atomic E-state index is 0.121. The van der Waals surface area contributed by atoms with E-state index in [1.54, 1.807) is 0 Å². The maximum atomic E-state index is 10.0. The van der Waals surface area contributed by atoms with Crippen molar-refractivity contribution in [2.24, 2.45) is 0 Å². The lowest BCUT2D eigenvalue weighted by atomic mass is 9.97. The molecule has 4 rings (SSSR count). The van der Waals surface area contributed by atoms with E-state index in [0.717, 1.165) is 38.6 Å². The smallest absolute Gasteiger partial charge is 0.173 e. The third-order valence-corrected chi connectivity index (χ3v) is 4.47. The van der Waals surface area contributed by atoms with Crippen LogP contribution in [0.3, 0.4) is 0 Å². The van der Waals surface area contributed by atoms with E-state index >= 15 is 0 Å². The molecule has 0 aliphatic carbocycles. The van der Waals surface area contributed by atoms with Crippen LogP contribution >= 0.6 is 0 Å². The quantitative estimate of drug-likeness (QED) is 0.557. The first-order valence-electron chi connectivity index (χ1n) is 8.33. The molecule has 3 aromatic carbocycles. The van der Waals surface area contributed by atoms with Crippen LogP contribution in [0.2, 0.25) is 0 Å². The molecule has 0 saturated carbocycles. The van der Waals surface area contributed by atoms with Crippen molar-refractivity contribution in [3.8, 4) is 22.6 Å². The maximum Gasteiger partial charge on any atom is 0.173 e. The molecular weight excluding hydrogens is 310 g/mol. The van der Waals surface area contributed by atoms with Gasteiger partial charge in [0, 0.05) is 11.1 Å². The van der Waals surface area contributed by atoms with Gasteiger partial charge in [-0.2, -0.15) is 0 Å². The van der Waals surface area contributed by atoms with E-state index in [2.05, 4.69) is 55.4 Å². The van der Waals surface area contributed by atoms with Crippen LogP contribution < -0.4 is 0 Å². The Morgan fingerprint density at radius 3 is 2.40 bits per heavy atom. The van der Waals surface area contributed by atoms with Crippen LogP contribution in [0.15, 0.2) is 65.2 Å². The van der Waals surface area contributed by atoms with E-state index in [0.29, 0.717) is 11.5 Å². The maximum absolute atomic E-state index is 10.0. The molecule has 124 valence electrons. The minimum atomic E-state index is -0.121. The molecule has 0 spiro atoms. The van der Waals surface area contributed by atoms with Crippen LogP contribution in [0.25, 0.3) is 33.4 Å². The zero-order chi connectivity index (χ0) is 17.4. The Hall–Kier alpha value is -2.91. The van der Waals surface area contributed by atoms with Crippen LogP contribution in [-0.2, 0) is 6.61 Å².